The van der Waals surface area contributed by atoms with Gasteiger partial charge >= 0.3 is 12.1 Å². The topological polar surface area (TPSA) is 159 Å². The van der Waals surface area contributed by atoms with Gasteiger partial charge in [0, 0.05) is 5.92 Å². The first-order chi connectivity index (χ1) is 17.5. The maximum Gasteiger partial charge on any atom is 0.411 e. The molecular formula is C27H17N5O4. The summed E-state index contributed by atoms with van der Waals surface area (Å²) in [4.78, 5) is 24.2. The molecule has 9 heteroatoms. The third-order valence-electron chi connectivity index (χ3n) is 5.69. The Kier molecular flexibility index (Phi) is 6.63. The zero-order valence-corrected chi connectivity index (χ0v) is 18.6. The molecule has 3 aromatic rings. The molecule has 0 atom stereocenters. The third-order valence-corrected chi connectivity index (χ3v) is 5.69. The number of allylic oxidation sites excluding steroid dienone is 2. The van der Waals surface area contributed by atoms with Gasteiger partial charge < -0.3 is 15.2 Å². The van der Waals surface area contributed by atoms with Crippen LogP contribution in [0.15, 0.2) is 78.0 Å². The number of aromatic carboxylic acids is 1. The largest absolute Gasteiger partial charge is 0.478 e. The highest BCUT2D eigenvalue weighted by Gasteiger charge is 2.29. The fraction of sp³-hybridized carbons (Fsp3) is 0.0741. The van der Waals surface area contributed by atoms with Gasteiger partial charge in [0.25, 0.3) is 0 Å². The second-order valence-electron chi connectivity index (χ2n) is 7.73. The van der Waals surface area contributed by atoms with Crippen LogP contribution in [-0.4, -0.2) is 23.8 Å². The molecule has 0 fully saturated rings. The van der Waals surface area contributed by atoms with Crippen LogP contribution in [0.5, 0.6) is 0 Å². The Morgan fingerprint density at radius 2 is 1.44 bits per heavy atom. The number of carboxylic acid groups (broad SMARTS) is 1. The van der Waals surface area contributed by atoms with E-state index in [9.17, 15) is 20.0 Å². The Labute approximate surface area is 206 Å². The van der Waals surface area contributed by atoms with Gasteiger partial charge in [0.1, 0.15) is 30.5 Å². The summed E-state index contributed by atoms with van der Waals surface area (Å²) in [6.07, 6.45) is -0.842. The molecule has 0 saturated carbocycles. The molecule has 1 aliphatic rings. The minimum absolute atomic E-state index is 0.00454. The highest BCUT2D eigenvalue weighted by molar-refractivity contribution is 5.95. The summed E-state index contributed by atoms with van der Waals surface area (Å²) in [6.45, 7) is 0.0393. The minimum Gasteiger partial charge on any atom is -0.478 e. The van der Waals surface area contributed by atoms with Crippen molar-refractivity contribution in [2.24, 2.45) is 0 Å². The van der Waals surface area contributed by atoms with Crippen molar-refractivity contribution in [1.82, 2.24) is 0 Å². The fourth-order valence-electron chi connectivity index (χ4n) is 4.05. The number of benzene rings is 3. The van der Waals surface area contributed by atoms with E-state index < -0.39 is 17.6 Å². The predicted octanol–water partition coefficient (Wildman–Crippen LogP) is 4.98. The molecule has 9 nitrogen and oxygen atoms in total. The number of amides is 1. The van der Waals surface area contributed by atoms with Crippen molar-refractivity contribution in [2.75, 3.05) is 17.2 Å². The van der Waals surface area contributed by atoms with E-state index in [0.717, 1.165) is 22.3 Å². The Morgan fingerprint density at radius 3 is 2.00 bits per heavy atom. The van der Waals surface area contributed by atoms with E-state index in [1.807, 2.05) is 48.5 Å². The lowest BCUT2D eigenvalue weighted by molar-refractivity contribution is 0.0696. The molecule has 3 aromatic carbocycles. The lowest BCUT2D eigenvalue weighted by Crippen LogP contribution is -2.19. The number of fused-ring (bicyclic) bond motifs is 3. The molecule has 1 aliphatic carbocycles. The van der Waals surface area contributed by atoms with Crippen LogP contribution in [-0.2, 0) is 4.74 Å². The molecule has 174 valence electrons. The van der Waals surface area contributed by atoms with Gasteiger partial charge in [0.2, 0.25) is 0 Å². The molecule has 0 heterocycles. The van der Waals surface area contributed by atoms with Gasteiger partial charge in [-0.1, -0.05) is 48.5 Å². The van der Waals surface area contributed by atoms with Crippen molar-refractivity contribution in [3.63, 3.8) is 0 Å². The Morgan fingerprint density at radius 1 is 0.833 bits per heavy atom. The van der Waals surface area contributed by atoms with Crippen LogP contribution in [0.4, 0.5) is 16.2 Å². The van der Waals surface area contributed by atoms with Crippen LogP contribution >= 0.6 is 0 Å². The standard InChI is InChI=1S/C27H17N5O4/c28-12-17(13-29)25(14-30)31-23-10-9-16(26(33)34)11-24(23)32-27(35)36-15-22-20-7-3-1-5-18(20)19-6-2-4-8-21(19)22/h1-11,22,31H,15H2,(H,32,35)(H,33,34). The van der Waals surface area contributed by atoms with Gasteiger partial charge in [0.15, 0.2) is 5.57 Å². The highest BCUT2D eigenvalue weighted by Crippen LogP contribution is 2.44. The fourth-order valence-corrected chi connectivity index (χ4v) is 4.05. The van der Waals surface area contributed by atoms with Gasteiger partial charge in [-0.25, -0.2) is 9.59 Å². The summed E-state index contributed by atoms with van der Waals surface area (Å²) in [6, 6.07) is 24.4. The molecule has 0 aromatic heterocycles. The normalized spacial score (nSPS) is 11.0. The van der Waals surface area contributed by atoms with Gasteiger partial charge in [-0.05, 0) is 40.5 Å². The van der Waals surface area contributed by atoms with Crippen molar-refractivity contribution in [1.29, 1.82) is 15.8 Å². The van der Waals surface area contributed by atoms with E-state index in [0.29, 0.717) is 0 Å². The predicted molar refractivity (Wildman–Crippen MR) is 130 cm³/mol. The molecule has 1 amide bonds. The van der Waals surface area contributed by atoms with E-state index in [-0.39, 0.29) is 35.2 Å². The molecule has 0 spiro atoms. The second-order valence-corrected chi connectivity index (χ2v) is 7.73. The zero-order chi connectivity index (χ0) is 25.7. The van der Waals surface area contributed by atoms with Gasteiger partial charge in [-0.3, -0.25) is 5.32 Å². The van der Waals surface area contributed by atoms with E-state index in [1.165, 1.54) is 18.2 Å². The lowest BCUT2D eigenvalue weighted by Gasteiger charge is -2.16. The average Bonchev–Trinajstić information content (AvgIpc) is 3.21. The second kappa shape index (κ2) is 10.1. The third kappa shape index (κ3) is 4.56. The number of carbonyl (C=O) groups is 2. The van der Waals surface area contributed by atoms with Crippen LogP contribution in [0.3, 0.4) is 0 Å². The monoisotopic (exact) mass is 475 g/mol. The number of nitrogens with one attached hydrogen (secondary N) is 2. The number of carbonyl (C=O) groups excluding carboxylic acids is 1. The van der Waals surface area contributed by atoms with Crippen LogP contribution < -0.4 is 10.6 Å². The molecular weight excluding hydrogens is 458 g/mol. The first-order valence-electron chi connectivity index (χ1n) is 10.7. The molecule has 4 rings (SSSR count). The maximum atomic E-state index is 12.7. The van der Waals surface area contributed by atoms with Gasteiger partial charge in [0.05, 0.1) is 16.9 Å². The summed E-state index contributed by atoms with van der Waals surface area (Å²) in [5.74, 6) is -1.41. The molecule has 0 aliphatic heterocycles. The number of hydrogen-bond donors (Lipinski definition) is 3. The molecule has 3 N–H and O–H groups in total. The number of rotatable bonds is 6. The first kappa shape index (κ1) is 23.6. The zero-order valence-electron chi connectivity index (χ0n) is 18.6. The van der Waals surface area contributed by atoms with E-state index >= 15 is 0 Å². The summed E-state index contributed by atoms with van der Waals surface area (Å²) in [5, 5.41) is 41.9. The molecule has 0 bridgehead atoms. The van der Waals surface area contributed by atoms with Crippen molar-refractivity contribution in [2.45, 2.75) is 5.92 Å². The van der Waals surface area contributed by atoms with Gasteiger partial charge in [-0.2, -0.15) is 15.8 Å². The smallest absolute Gasteiger partial charge is 0.411 e. The van der Waals surface area contributed by atoms with E-state index in [1.54, 1.807) is 18.2 Å². The number of nitrogens with zero attached hydrogens (tertiary/aromatic N) is 3. The summed E-state index contributed by atoms with van der Waals surface area (Å²) < 4.78 is 5.51. The van der Waals surface area contributed by atoms with Crippen LogP contribution in [0.25, 0.3) is 11.1 Å². The van der Waals surface area contributed by atoms with Crippen LogP contribution in [0, 0.1) is 34.0 Å². The van der Waals surface area contributed by atoms with Crippen LogP contribution in [0.1, 0.15) is 27.4 Å². The minimum atomic E-state index is -1.23. The SMILES string of the molecule is N#CC(C#N)=C(C#N)Nc1ccc(C(=O)O)cc1NC(=O)OCC1c2ccccc2-c2ccccc21. The lowest BCUT2D eigenvalue weighted by atomic mass is 9.98. The molecule has 0 radical (unpaired) electrons. The first-order valence-corrected chi connectivity index (χ1v) is 10.7. The Balaban J connectivity index is 1.57. The van der Waals surface area contributed by atoms with Crippen molar-refractivity contribution in [3.05, 3.63) is 94.7 Å². The van der Waals surface area contributed by atoms with Crippen molar-refractivity contribution < 1.29 is 19.4 Å². The summed E-state index contributed by atoms with van der Waals surface area (Å²) in [5.41, 5.74) is 3.37. The van der Waals surface area contributed by atoms with Gasteiger partial charge in [-0.15, -0.1) is 0 Å². The number of hydrogen-bond acceptors (Lipinski definition) is 7. The van der Waals surface area contributed by atoms with Crippen molar-refractivity contribution in [3.8, 4) is 29.3 Å². The molecule has 0 unspecified atom stereocenters. The summed E-state index contributed by atoms with van der Waals surface area (Å²) >= 11 is 0. The number of anilines is 2. The quantitative estimate of drug-likeness (QED) is 0.421. The van der Waals surface area contributed by atoms with Crippen molar-refractivity contribution >= 4 is 23.4 Å². The molecule has 36 heavy (non-hydrogen) atoms. The average molecular weight is 475 g/mol. The number of carboxylic acids is 1. The van der Waals surface area contributed by atoms with Crippen LogP contribution in [0.2, 0.25) is 0 Å². The maximum absolute atomic E-state index is 12.7. The molecule has 0 saturated heterocycles. The highest BCUT2D eigenvalue weighted by atomic mass is 16.5. The van der Waals surface area contributed by atoms with E-state index in [4.69, 9.17) is 15.3 Å². The number of ether oxygens (including phenoxy) is 1. The Bertz CT molecular complexity index is 1480. The number of nitriles is 3. The summed E-state index contributed by atoms with van der Waals surface area (Å²) in [7, 11) is 0. The Hall–Kier alpha value is -5.59. The van der Waals surface area contributed by atoms with E-state index in [2.05, 4.69) is 10.6 Å².